The first-order chi connectivity index (χ1) is 8.74. The van der Waals surface area contributed by atoms with Crippen LogP contribution in [-0.2, 0) is 15.0 Å². The monoisotopic (exact) mass is 308 g/mol. The van der Waals surface area contributed by atoms with Gasteiger partial charge >= 0.3 is 10.2 Å². The van der Waals surface area contributed by atoms with Gasteiger partial charge in [0.15, 0.2) is 0 Å². The summed E-state index contributed by atoms with van der Waals surface area (Å²) in [6.45, 7) is 0.0156. The summed E-state index contributed by atoms with van der Waals surface area (Å²) in [6.07, 6.45) is -0.0844. The molecular weight excluding hydrogens is 299 g/mol. The van der Waals surface area contributed by atoms with Gasteiger partial charge in [-0.15, -0.1) is 3.89 Å². The maximum atomic E-state index is 12.6. The Morgan fingerprint density at radius 3 is 2.79 bits per heavy atom. The molecule has 1 saturated heterocycles. The lowest BCUT2D eigenvalue weighted by atomic mass is 10.1. The van der Waals surface area contributed by atoms with E-state index in [-0.39, 0.29) is 29.9 Å². The fraction of sp³-hybridized carbons (Fsp3) is 0.444. The van der Waals surface area contributed by atoms with Gasteiger partial charge in [-0.2, -0.15) is 13.4 Å². The number of carbonyl (C=O) groups is 1. The van der Waals surface area contributed by atoms with Gasteiger partial charge in [-0.05, 0) is 0 Å². The molecule has 0 aliphatic carbocycles. The smallest absolute Gasteiger partial charge is 0.302 e. The van der Waals surface area contributed by atoms with Gasteiger partial charge in [-0.3, -0.25) is 9.69 Å². The van der Waals surface area contributed by atoms with Crippen LogP contribution >= 0.6 is 11.6 Å². The molecule has 2 heterocycles. The van der Waals surface area contributed by atoms with Crippen LogP contribution in [0.3, 0.4) is 0 Å². The molecule has 2 rings (SSSR count). The summed E-state index contributed by atoms with van der Waals surface area (Å²) >= 11 is 5.69. The molecule has 1 amide bonds. The number of carbonyl (C=O) groups excluding carboxylic acids is 1. The van der Waals surface area contributed by atoms with Crippen molar-refractivity contribution in [3.8, 4) is 0 Å². The molecule has 0 bridgehead atoms. The van der Waals surface area contributed by atoms with E-state index < -0.39 is 27.8 Å². The van der Waals surface area contributed by atoms with Crippen molar-refractivity contribution in [2.45, 2.75) is 6.42 Å². The number of nitrogens with two attached hydrogens (primary N) is 1. The minimum absolute atomic E-state index is 0.00578. The molecule has 2 N–H and O–H groups in total. The van der Waals surface area contributed by atoms with E-state index in [0.29, 0.717) is 0 Å². The van der Waals surface area contributed by atoms with E-state index in [0.717, 1.165) is 4.90 Å². The zero-order chi connectivity index (χ0) is 14.2. The zero-order valence-electron chi connectivity index (χ0n) is 9.58. The molecule has 1 aliphatic rings. The second kappa shape index (κ2) is 4.89. The topological polar surface area (TPSA) is 106 Å². The predicted octanol–water partition coefficient (Wildman–Crippen LogP) is 0.364. The highest BCUT2D eigenvalue weighted by Gasteiger charge is 2.35. The molecule has 10 heteroatoms. The second-order valence-corrected chi connectivity index (χ2v) is 5.99. The van der Waals surface area contributed by atoms with Crippen molar-refractivity contribution in [1.29, 1.82) is 0 Å². The lowest BCUT2D eigenvalue weighted by Gasteiger charge is -2.14. The van der Waals surface area contributed by atoms with E-state index in [1.54, 1.807) is 0 Å². The normalized spacial score (nSPS) is 20.0. The van der Waals surface area contributed by atoms with Crippen molar-refractivity contribution in [2.24, 2.45) is 5.92 Å². The Labute approximate surface area is 113 Å². The Bertz CT molecular complexity index is 604. The predicted molar refractivity (Wildman–Crippen MR) is 66.8 cm³/mol. The summed E-state index contributed by atoms with van der Waals surface area (Å²) < 4.78 is 33.7. The number of nitrogens with zero attached hydrogens (tertiary/aromatic N) is 3. The molecule has 1 atom stereocenters. The van der Waals surface area contributed by atoms with E-state index in [2.05, 4.69) is 9.97 Å². The average Bonchev–Trinajstić information content (AvgIpc) is 2.54. The maximum Gasteiger partial charge on any atom is 0.302 e. The number of halogens is 2. The Balaban J connectivity index is 2.20. The number of anilines is 2. The number of hydrogen-bond donors (Lipinski definition) is 1. The molecule has 0 radical (unpaired) electrons. The quantitative estimate of drug-likeness (QED) is 0.638. The third-order valence-electron chi connectivity index (χ3n) is 2.58. The Morgan fingerprint density at radius 1 is 1.53 bits per heavy atom. The first-order valence-corrected chi connectivity index (χ1v) is 7.20. The van der Waals surface area contributed by atoms with E-state index in [1.807, 2.05) is 0 Å². The summed E-state index contributed by atoms with van der Waals surface area (Å²) in [6, 6.07) is 1.31. The minimum Gasteiger partial charge on any atom is -0.383 e. The van der Waals surface area contributed by atoms with Crippen LogP contribution in [0.15, 0.2) is 6.07 Å². The molecule has 1 aromatic rings. The molecule has 1 unspecified atom stereocenters. The SMILES string of the molecule is Nc1cc(Cl)nc(N2CC(CS(=O)(=O)F)CC2=O)n1. The lowest BCUT2D eigenvalue weighted by molar-refractivity contribution is -0.117. The van der Waals surface area contributed by atoms with Gasteiger partial charge in [0.25, 0.3) is 0 Å². The summed E-state index contributed by atoms with van der Waals surface area (Å²) in [7, 11) is -4.62. The maximum absolute atomic E-state index is 12.6. The van der Waals surface area contributed by atoms with Crippen LogP contribution in [0.2, 0.25) is 5.15 Å². The largest absolute Gasteiger partial charge is 0.383 e. The number of aromatic nitrogens is 2. The van der Waals surface area contributed by atoms with Crippen molar-refractivity contribution in [3.05, 3.63) is 11.2 Å². The van der Waals surface area contributed by atoms with Gasteiger partial charge < -0.3 is 5.73 Å². The molecule has 1 aromatic heterocycles. The molecule has 19 heavy (non-hydrogen) atoms. The van der Waals surface area contributed by atoms with Gasteiger partial charge in [-0.25, -0.2) is 4.98 Å². The molecule has 0 saturated carbocycles. The van der Waals surface area contributed by atoms with Crippen molar-refractivity contribution in [3.63, 3.8) is 0 Å². The second-order valence-electron chi connectivity index (χ2n) is 4.20. The standard InChI is InChI=1S/C9H10ClFN4O3S/c10-6-2-7(12)14-9(13-6)15-3-5(1-8(15)16)4-19(11,17)18/h2,5H,1,3-4H2,(H2,12,13,14). The van der Waals surface area contributed by atoms with E-state index >= 15 is 0 Å². The summed E-state index contributed by atoms with van der Waals surface area (Å²) in [4.78, 5) is 20.6. The van der Waals surface area contributed by atoms with Crippen molar-refractivity contribution in [2.75, 3.05) is 22.9 Å². The Kier molecular flexibility index (Phi) is 3.59. The van der Waals surface area contributed by atoms with E-state index in [4.69, 9.17) is 17.3 Å². The molecule has 104 valence electrons. The lowest BCUT2D eigenvalue weighted by Crippen LogP contribution is -2.27. The average molecular weight is 309 g/mol. The van der Waals surface area contributed by atoms with Crippen LogP contribution in [0.1, 0.15) is 6.42 Å². The van der Waals surface area contributed by atoms with E-state index in [1.165, 1.54) is 6.07 Å². The highest BCUT2D eigenvalue weighted by molar-refractivity contribution is 7.86. The highest BCUT2D eigenvalue weighted by atomic mass is 35.5. The van der Waals surface area contributed by atoms with Gasteiger partial charge in [0.05, 0.1) is 5.75 Å². The summed E-state index contributed by atoms with van der Waals surface area (Å²) in [5.41, 5.74) is 5.48. The zero-order valence-corrected chi connectivity index (χ0v) is 11.2. The fourth-order valence-corrected chi connectivity index (χ4v) is 2.89. The van der Waals surface area contributed by atoms with Crippen LogP contribution in [-0.4, -0.2) is 36.6 Å². The van der Waals surface area contributed by atoms with Gasteiger partial charge in [0.1, 0.15) is 11.0 Å². The van der Waals surface area contributed by atoms with Crippen molar-refractivity contribution < 1.29 is 17.1 Å². The van der Waals surface area contributed by atoms with Crippen molar-refractivity contribution in [1.82, 2.24) is 9.97 Å². The molecule has 0 aromatic carbocycles. The number of rotatable bonds is 3. The molecule has 1 aliphatic heterocycles. The molecular formula is C9H10ClFN4O3S. The van der Waals surface area contributed by atoms with Crippen molar-refractivity contribution >= 4 is 39.5 Å². The fourth-order valence-electron chi connectivity index (χ4n) is 1.91. The van der Waals surface area contributed by atoms with E-state index in [9.17, 15) is 17.1 Å². The summed E-state index contributed by atoms with van der Waals surface area (Å²) in [5.74, 6) is -1.65. The summed E-state index contributed by atoms with van der Waals surface area (Å²) in [5, 5.41) is 0.0665. The third-order valence-corrected chi connectivity index (χ3v) is 3.65. The van der Waals surface area contributed by atoms with Crippen LogP contribution < -0.4 is 10.6 Å². The van der Waals surface area contributed by atoms with Crippen LogP contribution in [0, 0.1) is 5.92 Å². The highest BCUT2D eigenvalue weighted by Crippen LogP contribution is 2.25. The Hall–Kier alpha value is -1.48. The number of hydrogen-bond acceptors (Lipinski definition) is 6. The van der Waals surface area contributed by atoms with Crippen LogP contribution in [0.4, 0.5) is 15.7 Å². The first-order valence-electron chi connectivity index (χ1n) is 5.27. The van der Waals surface area contributed by atoms with Gasteiger partial charge in [0.2, 0.25) is 11.9 Å². The molecule has 1 fully saturated rings. The van der Waals surface area contributed by atoms with Crippen LogP contribution in [0.5, 0.6) is 0 Å². The number of nitrogen functional groups attached to an aromatic ring is 1. The third kappa shape index (κ3) is 3.51. The van der Waals surface area contributed by atoms with Gasteiger partial charge in [-0.1, -0.05) is 11.6 Å². The van der Waals surface area contributed by atoms with Gasteiger partial charge in [0, 0.05) is 24.9 Å². The molecule has 7 nitrogen and oxygen atoms in total. The Morgan fingerprint density at radius 2 is 2.21 bits per heavy atom. The number of amides is 1. The first kappa shape index (κ1) is 13.9. The minimum atomic E-state index is -4.62. The van der Waals surface area contributed by atoms with Crippen LogP contribution in [0.25, 0.3) is 0 Å². The molecule has 0 spiro atoms.